The number of anilines is 1. The lowest BCUT2D eigenvalue weighted by molar-refractivity contribution is 0.0844. The van der Waals surface area contributed by atoms with Gasteiger partial charge in [0.25, 0.3) is 17.7 Å². The summed E-state index contributed by atoms with van der Waals surface area (Å²) in [6.45, 7) is 1.80. The van der Waals surface area contributed by atoms with Gasteiger partial charge in [-0.15, -0.1) is 0 Å². The van der Waals surface area contributed by atoms with Crippen LogP contribution in [-0.2, 0) is 0 Å². The largest absolute Gasteiger partial charge is 0.459 e. The number of aromatic nitrogens is 1. The van der Waals surface area contributed by atoms with Crippen molar-refractivity contribution in [1.82, 2.24) is 15.8 Å². The number of nitrogens with one attached hydrogen (secondary N) is 4. The second-order valence-electron chi connectivity index (χ2n) is 5.45. The molecule has 0 bridgehead atoms. The van der Waals surface area contributed by atoms with Crippen LogP contribution in [0.1, 0.15) is 37.0 Å². The number of hydrogen-bond donors (Lipinski definition) is 4. The summed E-state index contributed by atoms with van der Waals surface area (Å²) in [6, 6.07) is 11.2. The van der Waals surface area contributed by atoms with Crippen LogP contribution in [0.5, 0.6) is 0 Å². The molecule has 1 aromatic carbocycles. The number of rotatable bonds is 4. The summed E-state index contributed by atoms with van der Waals surface area (Å²) in [4.78, 5) is 38.9. The number of hydrazine groups is 1. The van der Waals surface area contributed by atoms with Crippen molar-refractivity contribution in [3.05, 3.63) is 77.5 Å². The number of furan rings is 1. The highest BCUT2D eigenvalue weighted by atomic mass is 16.3. The fraction of sp³-hybridized carbons (Fsp3) is 0.0556. The van der Waals surface area contributed by atoms with Crippen LogP contribution in [-0.4, -0.2) is 22.7 Å². The van der Waals surface area contributed by atoms with Gasteiger partial charge in [0.2, 0.25) is 0 Å². The fourth-order valence-corrected chi connectivity index (χ4v) is 2.21. The third kappa shape index (κ3) is 3.81. The third-order valence-electron chi connectivity index (χ3n) is 3.63. The average Bonchev–Trinajstić information content (AvgIpc) is 3.34. The molecular weight excluding hydrogens is 336 g/mol. The molecule has 0 aliphatic heterocycles. The Hall–Kier alpha value is -3.81. The van der Waals surface area contributed by atoms with Crippen LogP contribution < -0.4 is 16.2 Å². The molecule has 0 saturated carbocycles. The van der Waals surface area contributed by atoms with E-state index in [9.17, 15) is 14.4 Å². The summed E-state index contributed by atoms with van der Waals surface area (Å²) in [6.07, 6.45) is 3.00. The molecule has 0 radical (unpaired) electrons. The average molecular weight is 352 g/mol. The Bertz CT molecular complexity index is 930. The van der Waals surface area contributed by atoms with E-state index in [2.05, 4.69) is 21.2 Å². The van der Waals surface area contributed by atoms with Gasteiger partial charge in [0, 0.05) is 17.4 Å². The molecule has 8 nitrogen and oxygen atoms in total. The molecule has 26 heavy (non-hydrogen) atoms. The summed E-state index contributed by atoms with van der Waals surface area (Å²) in [7, 11) is 0. The van der Waals surface area contributed by atoms with Crippen molar-refractivity contribution >= 4 is 23.4 Å². The quantitative estimate of drug-likeness (QED) is 0.539. The number of aryl methyl sites for hydroxylation is 1. The first kappa shape index (κ1) is 17.0. The standard InChI is InChI=1S/C18H16N4O4/c1-11-6-7-12(10-14(11)20-18(25)15-5-3-9-26-15)16(23)21-22-17(24)13-4-2-8-19-13/h2-10,19H,1H3,(H,20,25)(H,21,23)(H,22,24). The van der Waals surface area contributed by atoms with Crippen LogP contribution in [0.25, 0.3) is 0 Å². The van der Waals surface area contributed by atoms with Crippen molar-refractivity contribution in [1.29, 1.82) is 0 Å². The lowest BCUT2D eigenvalue weighted by Gasteiger charge is -2.11. The van der Waals surface area contributed by atoms with Crippen LogP contribution in [0, 0.1) is 6.92 Å². The number of hydrogen-bond acceptors (Lipinski definition) is 4. The first-order valence-electron chi connectivity index (χ1n) is 7.74. The number of aromatic amines is 1. The first-order valence-corrected chi connectivity index (χ1v) is 7.74. The number of benzene rings is 1. The number of carbonyl (C=O) groups excluding carboxylic acids is 3. The molecule has 4 N–H and O–H groups in total. The molecule has 0 unspecified atom stereocenters. The molecule has 0 spiro atoms. The van der Waals surface area contributed by atoms with Crippen molar-refractivity contribution in [3.8, 4) is 0 Å². The number of amides is 3. The van der Waals surface area contributed by atoms with Gasteiger partial charge >= 0.3 is 0 Å². The van der Waals surface area contributed by atoms with Crippen molar-refractivity contribution < 1.29 is 18.8 Å². The molecule has 3 aromatic rings. The first-order chi connectivity index (χ1) is 12.5. The predicted molar refractivity (Wildman–Crippen MR) is 93.6 cm³/mol. The van der Waals surface area contributed by atoms with Crippen LogP contribution in [0.4, 0.5) is 5.69 Å². The fourth-order valence-electron chi connectivity index (χ4n) is 2.21. The Morgan fingerprint density at radius 3 is 2.46 bits per heavy atom. The van der Waals surface area contributed by atoms with E-state index in [0.29, 0.717) is 11.4 Å². The molecule has 3 amide bonds. The summed E-state index contributed by atoms with van der Waals surface area (Å²) in [5.41, 5.74) is 6.47. The minimum absolute atomic E-state index is 0.164. The van der Waals surface area contributed by atoms with Crippen molar-refractivity contribution in [2.45, 2.75) is 6.92 Å². The highest BCUT2D eigenvalue weighted by Gasteiger charge is 2.14. The van der Waals surface area contributed by atoms with E-state index in [1.807, 2.05) is 0 Å². The van der Waals surface area contributed by atoms with E-state index in [1.165, 1.54) is 18.4 Å². The second kappa shape index (κ2) is 7.39. The van der Waals surface area contributed by atoms with Crippen LogP contribution in [0.15, 0.2) is 59.3 Å². The molecule has 0 saturated heterocycles. The van der Waals surface area contributed by atoms with E-state index >= 15 is 0 Å². The Morgan fingerprint density at radius 2 is 1.77 bits per heavy atom. The summed E-state index contributed by atoms with van der Waals surface area (Å²) in [5, 5.41) is 2.69. The van der Waals surface area contributed by atoms with E-state index in [4.69, 9.17) is 4.42 Å². The maximum Gasteiger partial charge on any atom is 0.291 e. The Balaban J connectivity index is 1.67. The van der Waals surface area contributed by atoms with Crippen molar-refractivity contribution in [2.24, 2.45) is 0 Å². The summed E-state index contributed by atoms with van der Waals surface area (Å²) in [5.74, 6) is -1.24. The molecular formula is C18H16N4O4. The zero-order chi connectivity index (χ0) is 18.5. The minimum atomic E-state index is -0.515. The Kier molecular flexibility index (Phi) is 4.84. The van der Waals surface area contributed by atoms with Crippen molar-refractivity contribution in [2.75, 3.05) is 5.32 Å². The topological polar surface area (TPSA) is 116 Å². The molecule has 132 valence electrons. The van der Waals surface area contributed by atoms with Gasteiger partial charge in [0.15, 0.2) is 5.76 Å². The van der Waals surface area contributed by atoms with Gasteiger partial charge in [-0.25, -0.2) is 0 Å². The Labute approximate surface area is 148 Å². The van der Waals surface area contributed by atoms with Crippen LogP contribution in [0.2, 0.25) is 0 Å². The predicted octanol–water partition coefficient (Wildman–Crippen LogP) is 2.24. The monoisotopic (exact) mass is 352 g/mol. The van der Waals surface area contributed by atoms with Gasteiger partial charge in [0.1, 0.15) is 5.69 Å². The lowest BCUT2D eigenvalue weighted by atomic mass is 10.1. The highest BCUT2D eigenvalue weighted by molar-refractivity contribution is 6.04. The SMILES string of the molecule is Cc1ccc(C(=O)NNC(=O)c2ccc[nH]2)cc1NC(=O)c1ccco1. The maximum absolute atomic E-state index is 12.2. The molecule has 0 aliphatic carbocycles. The second-order valence-corrected chi connectivity index (χ2v) is 5.45. The zero-order valence-electron chi connectivity index (χ0n) is 13.8. The maximum atomic E-state index is 12.2. The lowest BCUT2D eigenvalue weighted by Crippen LogP contribution is -2.41. The normalized spacial score (nSPS) is 10.2. The van der Waals surface area contributed by atoms with Gasteiger partial charge in [-0.2, -0.15) is 0 Å². The van der Waals surface area contributed by atoms with E-state index in [0.717, 1.165) is 5.56 Å². The highest BCUT2D eigenvalue weighted by Crippen LogP contribution is 2.18. The van der Waals surface area contributed by atoms with Gasteiger partial charge in [-0.1, -0.05) is 6.07 Å². The minimum Gasteiger partial charge on any atom is -0.459 e. The molecule has 2 heterocycles. The van der Waals surface area contributed by atoms with Gasteiger partial charge in [-0.05, 0) is 48.9 Å². The zero-order valence-corrected chi connectivity index (χ0v) is 13.8. The molecule has 0 atom stereocenters. The number of carbonyl (C=O) groups is 3. The molecule has 2 aromatic heterocycles. The molecule has 8 heteroatoms. The smallest absolute Gasteiger partial charge is 0.291 e. The van der Waals surface area contributed by atoms with Crippen LogP contribution in [0.3, 0.4) is 0 Å². The molecule has 0 fully saturated rings. The van der Waals surface area contributed by atoms with Gasteiger partial charge < -0.3 is 14.7 Å². The number of H-pyrrole nitrogens is 1. The van der Waals surface area contributed by atoms with E-state index in [-0.39, 0.29) is 11.3 Å². The Morgan fingerprint density at radius 1 is 0.962 bits per heavy atom. The van der Waals surface area contributed by atoms with Gasteiger partial charge in [-0.3, -0.25) is 25.2 Å². The van der Waals surface area contributed by atoms with Crippen molar-refractivity contribution in [3.63, 3.8) is 0 Å². The molecule has 3 rings (SSSR count). The van der Waals surface area contributed by atoms with Crippen LogP contribution >= 0.6 is 0 Å². The van der Waals surface area contributed by atoms with E-state index < -0.39 is 17.7 Å². The molecule has 0 aliphatic rings. The summed E-state index contributed by atoms with van der Waals surface area (Å²) < 4.78 is 5.04. The van der Waals surface area contributed by atoms with Gasteiger partial charge in [0.05, 0.1) is 6.26 Å². The van der Waals surface area contributed by atoms with E-state index in [1.54, 1.807) is 43.5 Å². The third-order valence-corrected chi connectivity index (χ3v) is 3.63. The summed E-state index contributed by atoms with van der Waals surface area (Å²) >= 11 is 0.